The van der Waals surface area contributed by atoms with Gasteiger partial charge in [0.2, 0.25) is 5.91 Å². The summed E-state index contributed by atoms with van der Waals surface area (Å²) in [7, 11) is 1.65. The molecule has 0 bridgehead atoms. The van der Waals surface area contributed by atoms with E-state index in [9.17, 15) is 9.90 Å². The molecular formula is C40H35ClN2O4. The van der Waals surface area contributed by atoms with Crippen LogP contribution >= 0.6 is 11.6 Å². The molecule has 0 radical (unpaired) electrons. The fourth-order valence-corrected chi connectivity index (χ4v) is 7.51. The van der Waals surface area contributed by atoms with Crippen molar-refractivity contribution in [3.8, 4) is 5.75 Å². The van der Waals surface area contributed by atoms with Gasteiger partial charge in [-0.25, -0.2) is 0 Å². The average Bonchev–Trinajstić information content (AvgIpc) is 3.12. The standard InChI is InChI=1S/C40H35ClN2O4/c1-47-32-20-16-27(17-21-32)22-23-42-36-13-7-3-8-30(36)24-40(39(42)46)34-11-5-4-10-33(34)38(45)43(25-31-9-2-6-12-35(31)41)37(40)29-18-14-28(26-44)15-19-29/h2-21,37,44H,22-26H2,1H3/t37-,40-/m0/s1. The van der Waals surface area contributed by atoms with Crippen LogP contribution in [-0.2, 0) is 36.2 Å². The molecule has 5 aromatic rings. The van der Waals surface area contributed by atoms with Crippen LogP contribution in [0.3, 0.4) is 0 Å². The highest BCUT2D eigenvalue weighted by Gasteiger charge is 2.59. The van der Waals surface area contributed by atoms with Crippen molar-refractivity contribution in [1.82, 2.24) is 4.90 Å². The number of benzene rings is 5. The van der Waals surface area contributed by atoms with Crippen molar-refractivity contribution >= 4 is 29.1 Å². The average molecular weight is 643 g/mol. The molecule has 2 aliphatic heterocycles. The van der Waals surface area contributed by atoms with Gasteiger partial charge in [0.25, 0.3) is 5.91 Å². The number of halogens is 1. The summed E-state index contributed by atoms with van der Waals surface area (Å²) in [5.74, 6) is 0.577. The maximum absolute atomic E-state index is 15.5. The second-order valence-electron chi connectivity index (χ2n) is 12.2. The van der Waals surface area contributed by atoms with Crippen LogP contribution < -0.4 is 9.64 Å². The highest BCUT2D eigenvalue weighted by atomic mass is 35.5. The summed E-state index contributed by atoms with van der Waals surface area (Å²) in [4.78, 5) is 33.8. The first-order chi connectivity index (χ1) is 22.9. The van der Waals surface area contributed by atoms with E-state index in [1.807, 2.05) is 125 Å². The van der Waals surface area contributed by atoms with Gasteiger partial charge < -0.3 is 19.6 Å². The monoisotopic (exact) mass is 642 g/mol. The van der Waals surface area contributed by atoms with Gasteiger partial charge in [0.05, 0.1) is 19.8 Å². The van der Waals surface area contributed by atoms with E-state index in [0.29, 0.717) is 30.0 Å². The van der Waals surface area contributed by atoms with Crippen LogP contribution in [0.5, 0.6) is 5.75 Å². The van der Waals surface area contributed by atoms with Crippen LogP contribution in [-0.4, -0.2) is 35.5 Å². The van der Waals surface area contributed by atoms with E-state index < -0.39 is 11.5 Å². The van der Waals surface area contributed by atoms with Crippen LogP contribution in [0.1, 0.15) is 49.8 Å². The van der Waals surface area contributed by atoms with Gasteiger partial charge in [-0.3, -0.25) is 9.59 Å². The summed E-state index contributed by atoms with van der Waals surface area (Å²) in [5.41, 5.74) is 5.50. The molecule has 1 N–H and O–H groups in total. The fraction of sp³-hybridized carbons (Fsp3) is 0.200. The third-order valence-corrected chi connectivity index (χ3v) is 9.98. The van der Waals surface area contributed by atoms with Gasteiger partial charge in [0, 0.05) is 29.4 Å². The van der Waals surface area contributed by atoms with E-state index in [4.69, 9.17) is 16.3 Å². The molecule has 7 rings (SSSR count). The lowest BCUT2D eigenvalue weighted by molar-refractivity contribution is -0.127. The molecular weight excluding hydrogens is 608 g/mol. The van der Waals surface area contributed by atoms with E-state index in [2.05, 4.69) is 6.07 Å². The Morgan fingerprint density at radius 2 is 1.51 bits per heavy atom. The molecule has 1 spiro atoms. The second kappa shape index (κ2) is 12.7. The minimum absolute atomic E-state index is 0.0509. The van der Waals surface area contributed by atoms with Crippen molar-refractivity contribution in [2.75, 3.05) is 18.6 Å². The number of nitrogens with zero attached hydrogens (tertiary/aromatic N) is 2. The van der Waals surface area contributed by atoms with Gasteiger partial charge in [-0.15, -0.1) is 0 Å². The molecule has 0 fully saturated rings. The molecule has 0 saturated carbocycles. The highest BCUT2D eigenvalue weighted by Crippen LogP contribution is 2.54. The Morgan fingerprint density at radius 3 is 2.26 bits per heavy atom. The minimum atomic E-state index is -1.14. The van der Waals surface area contributed by atoms with E-state index >= 15 is 4.79 Å². The third kappa shape index (κ3) is 5.37. The normalized spacial score (nSPS) is 18.7. The van der Waals surface area contributed by atoms with Gasteiger partial charge in [0.15, 0.2) is 0 Å². The Balaban J connectivity index is 1.42. The first-order valence-corrected chi connectivity index (χ1v) is 16.2. The van der Waals surface area contributed by atoms with Crippen LogP contribution in [0.15, 0.2) is 121 Å². The van der Waals surface area contributed by atoms with Crippen LogP contribution in [0, 0.1) is 0 Å². The predicted molar refractivity (Wildman–Crippen MR) is 184 cm³/mol. The zero-order valence-electron chi connectivity index (χ0n) is 26.1. The fourth-order valence-electron chi connectivity index (χ4n) is 7.32. The maximum atomic E-state index is 15.5. The number of carbonyl (C=O) groups excluding carboxylic acids is 2. The first-order valence-electron chi connectivity index (χ1n) is 15.8. The lowest BCUT2D eigenvalue weighted by Crippen LogP contribution is -2.62. The molecule has 6 nitrogen and oxygen atoms in total. The number of fused-ring (bicyclic) bond motifs is 3. The number of aliphatic hydroxyl groups excluding tert-OH is 1. The van der Waals surface area contributed by atoms with Crippen molar-refractivity contribution in [3.05, 3.63) is 165 Å². The van der Waals surface area contributed by atoms with Crippen LogP contribution in [0.4, 0.5) is 5.69 Å². The predicted octanol–water partition coefficient (Wildman–Crippen LogP) is 7.31. The second-order valence-corrected chi connectivity index (χ2v) is 12.6. The zero-order chi connectivity index (χ0) is 32.5. The Bertz CT molecular complexity index is 1940. The molecule has 0 aliphatic carbocycles. The molecule has 47 heavy (non-hydrogen) atoms. The van der Waals surface area contributed by atoms with Gasteiger partial charge in [-0.1, -0.05) is 103 Å². The summed E-state index contributed by atoms with van der Waals surface area (Å²) >= 11 is 6.69. The van der Waals surface area contributed by atoms with Crippen molar-refractivity contribution in [1.29, 1.82) is 0 Å². The number of hydrogen-bond donors (Lipinski definition) is 1. The van der Waals surface area contributed by atoms with Gasteiger partial charge in [-0.2, -0.15) is 0 Å². The quantitative estimate of drug-likeness (QED) is 0.193. The Morgan fingerprint density at radius 1 is 0.830 bits per heavy atom. The minimum Gasteiger partial charge on any atom is -0.497 e. The molecule has 236 valence electrons. The maximum Gasteiger partial charge on any atom is 0.255 e. The zero-order valence-corrected chi connectivity index (χ0v) is 26.9. The Labute approximate surface area is 279 Å². The van der Waals surface area contributed by atoms with Gasteiger partial charge in [0.1, 0.15) is 11.2 Å². The number of amides is 2. The smallest absolute Gasteiger partial charge is 0.255 e. The number of methoxy groups -OCH3 is 1. The third-order valence-electron chi connectivity index (χ3n) is 9.62. The van der Waals surface area contributed by atoms with E-state index in [-0.39, 0.29) is 25.0 Å². The molecule has 2 amide bonds. The van der Waals surface area contributed by atoms with Crippen LogP contribution in [0.2, 0.25) is 5.02 Å². The van der Waals surface area contributed by atoms with Crippen molar-refractivity contribution in [2.45, 2.75) is 37.5 Å². The summed E-state index contributed by atoms with van der Waals surface area (Å²) in [5, 5.41) is 10.4. The van der Waals surface area contributed by atoms with Crippen molar-refractivity contribution < 1.29 is 19.4 Å². The van der Waals surface area contributed by atoms with Crippen LogP contribution in [0.25, 0.3) is 0 Å². The molecule has 2 aliphatic rings. The topological polar surface area (TPSA) is 70.1 Å². The first kappa shape index (κ1) is 30.7. The largest absolute Gasteiger partial charge is 0.497 e. The molecule has 2 heterocycles. The number of anilines is 1. The number of hydrogen-bond acceptors (Lipinski definition) is 4. The van der Waals surface area contributed by atoms with Crippen molar-refractivity contribution in [2.24, 2.45) is 0 Å². The number of carbonyl (C=O) groups is 2. The number of aliphatic hydroxyl groups is 1. The van der Waals surface area contributed by atoms with E-state index in [0.717, 1.165) is 44.8 Å². The number of ether oxygens (including phenoxy) is 1. The summed E-state index contributed by atoms with van der Waals surface area (Å²) < 4.78 is 5.35. The molecule has 0 saturated heterocycles. The molecule has 0 aromatic heterocycles. The van der Waals surface area contributed by atoms with E-state index in [1.54, 1.807) is 7.11 Å². The lowest BCUT2D eigenvalue weighted by Gasteiger charge is -2.53. The molecule has 2 atom stereocenters. The summed E-state index contributed by atoms with van der Waals surface area (Å²) in [6.07, 6.45) is 1.05. The molecule has 7 heteroatoms. The Hall–Kier alpha value is -4.91. The van der Waals surface area contributed by atoms with Gasteiger partial charge in [-0.05, 0) is 76.6 Å². The van der Waals surface area contributed by atoms with Gasteiger partial charge >= 0.3 is 0 Å². The summed E-state index contributed by atoms with van der Waals surface area (Å²) in [6.45, 7) is 0.579. The number of para-hydroxylation sites is 1. The summed E-state index contributed by atoms with van der Waals surface area (Å²) in [6, 6.07) is 38.0. The lowest BCUT2D eigenvalue weighted by atomic mass is 9.61. The Kier molecular flexibility index (Phi) is 8.31. The number of rotatable bonds is 8. The SMILES string of the molecule is COc1ccc(CCN2C(=O)[C@@]3(Cc4ccccc42)c2ccccc2C(=O)N(Cc2ccccc2Cl)[C@H]3c2ccc(CO)cc2)cc1. The van der Waals surface area contributed by atoms with E-state index in [1.165, 1.54) is 0 Å². The molecule has 0 unspecified atom stereocenters. The highest BCUT2D eigenvalue weighted by molar-refractivity contribution is 6.31. The molecule has 5 aromatic carbocycles. The van der Waals surface area contributed by atoms with Crippen molar-refractivity contribution in [3.63, 3.8) is 0 Å².